The van der Waals surface area contributed by atoms with E-state index in [0.29, 0.717) is 17.6 Å². The van der Waals surface area contributed by atoms with Crippen molar-refractivity contribution in [3.8, 4) is 0 Å². The molecule has 0 atom stereocenters. The van der Waals surface area contributed by atoms with Crippen LogP contribution in [0.4, 0.5) is 23.1 Å². The molecule has 1 saturated heterocycles. The minimum atomic E-state index is 0.516. The zero-order valence-corrected chi connectivity index (χ0v) is 15.4. The number of fused-ring (bicyclic) bond motifs is 1. The highest BCUT2D eigenvalue weighted by atomic mass is 15.2. The van der Waals surface area contributed by atoms with Gasteiger partial charge in [0.05, 0.1) is 6.33 Å². The van der Waals surface area contributed by atoms with E-state index in [1.54, 1.807) is 6.33 Å². The van der Waals surface area contributed by atoms with Gasteiger partial charge in [-0.1, -0.05) is 0 Å². The third-order valence-electron chi connectivity index (χ3n) is 5.20. The number of aromatic amines is 1. The lowest BCUT2D eigenvalue weighted by atomic mass is 10.2. The van der Waals surface area contributed by atoms with Crippen molar-refractivity contribution < 1.29 is 0 Å². The van der Waals surface area contributed by atoms with E-state index in [-0.39, 0.29) is 0 Å². The quantitative estimate of drug-likeness (QED) is 0.641. The molecule has 0 amide bonds. The van der Waals surface area contributed by atoms with Crippen molar-refractivity contribution in [1.82, 2.24) is 24.8 Å². The summed E-state index contributed by atoms with van der Waals surface area (Å²) in [6.07, 6.45) is 4.04. The summed E-state index contributed by atoms with van der Waals surface area (Å²) in [5.41, 5.74) is 3.76. The third kappa shape index (κ3) is 3.52. The number of nitrogens with zero attached hydrogens (tertiary/aromatic N) is 5. The van der Waals surface area contributed by atoms with E-state index in [1.807, 2.05) is 0 Å². The Hall–Kier alpha value is -2.87. The smallest absolute Gasteiger partial charge is 0.231 e. The SMILES string of the molecule is CN1CCN(c2ccc(Nc3nc(NC4CC4)c4[nH]cnc4n3)cc2)CC1. The van der Waals surface area contributed by atoms with Crippen LogP contribution < -0.4 is 15.5 Å². The second-order valence-corrected chi connectivity index (χ2v) is 7.38. The van der Waals surface area contributed by atoms with Gasteiger partial charge in [-0.25, -0.2) is 4.98 Å². The number of likely N-dealkylation sites (N-methyl/N-ethyl adjacent to an activating group) is 1. The normalized spacial score (nSPS) is 18.0. The van der Waals surface area contributed by atoms with Gasteiger partial charge < -0.3 is 25.4 Å². The first-order chi connectivity index (χ1) is 13.2. The van der Waals surface area contributed by atoms with E-state index in [4.69, 9.17) is 0 Å². The van der Waals surface area contributed by atoms with Gasteiger partial charge in [-0.05, 0) is 44.2 Å². The molecule has 27 heavy (non-hydrogen) atoms. The predicted molar refractivity (Wildman–Crippen MR) is 108 cm³/mol. The summed E-state index contributed by atoms with van der Waals surface area (Å²) in [5.74, 6) is 1.38. The topological polar surface area (TPSA) is 85.0 Å². The second kappa shape index (κ2) is 6.70. The van der Waals surface area contributed by atoms with Gasteiger partial charge in [0.25, 0.3) is 0 Å². The minimum absolute atomic E-state index is 0.516. The molecule has 2 fully saturated rings. The Balaban J connectivity index is 1.34. The highest BCUT2D eigenvalue weighted by Crippen LogP contribution is 2.28. The van der Waals surface area contributed by atoms with Crippen LogP contribution >= 0.6 is 0 Å². The van der Waals surface area contributed by atoms with Crippen LogP contribution in [0.2, 0.25) is 0 Å². The van der Waals surface area contributed by atoms with Crippen molar-refractivity contribution in [3.05, 3.63) is 30.6 Å². The molecular weight excluding hydrogens is 340 g/mol. The van der Waals surface area contributed by atoms with Crippen molar-refractivity contribution in [1.29, 1.82) is 0 Å². The highest BCUT2D eigenvalue weighted by molar-refractivity contribution is 5.84. The van der Waals surface area contributed by atoms with E-state index in [0.717, 1.165) is 43.2 Å². The number of nitrogens with one attached hydrogen (secondary N) is 3. The Labute approximate surface area is 158 Å². The summed E-state index contributed by atoms with van der Waals surface area (Å²) in [6, 6.07) is 9.00. The molecule has 2 aliphatic rings. The van der Waals surface area contributed by atoms with Crippen LogP contribution in [0.25, 0.3) is 11.2 Å². The first-order valence-corrected chi connectivity index (χ1v) is 9.53. The van der Waals surface area contributed by atoms with Crippen LogP contribution in [-0.4, -0.2) is 64.1 Å². The van der Waals surface area contributed by atoms with Gasteiger partial charge in [-0.15, -0.1) is 0 Å². The number of hydrogen-bond acceptors (Lipinski definition) is 7. The molecule has 3 aromatic rings. The lowest BCUT2D eigenvalue weighted by molar-refractivity contribution is 0.313. The van der Waals surface area contributed by atoms with Crippen LogP contribution in [-0.2, 0) is 0 Å². The van der Waals surface area contributed by atoms with Gasteiger partial charge in [0.15, 0.2) is 11.5 Å². The summed E-state index contributed by atoms with van der Waals surface area (Å²) < 4.78 is 0. The third-order valence-corrected chi connectivity index (χ3v) is 5.20. The average Bonchev–Trinajstić information content (AvgIpc) is 3.37. The largest absolute Gasteiger partial charge is 0.369 e. The van der Waals surface area contributed by atoms with Crippen LogP contribution in [0.3, 0.4) is 0 Å². The summed E-state index contributed by atoms with van der Waals surface area (Å²) in [7, 11) is 2.17. The van der Waals surface area contributed by atoms with Gasteiger partial charge in [0.1, 0.15) is 5.52 Å². The predicted octanol–water partition coefficient (Wildman–Crippen LogP) is 2.42. The molecular formula is C19H24N8. The Kier molecular flexibility index (Phi) is 4.05. The Morgan fingerprint density at radius 3 is 2.56 bits per heavy atom. The lowest BCUT2D eigenvalue weighted by Gasteiger charge is -2.34. The van der Waals surface area contributed by atoms with E-state index in [9.17, 15) is 0 Å². The minimum Gasteiger partial charge on any atom is -0.369 e. The molecule has 1 aromatic carbocycles. The Morgan fingerprint density at radius 2 is 1.81 bits per heavy atom. The molecule has 1 aliphatic heterocycles. The standard InChI is InChI=1S/C19H24N8/c1-26-8-10-27(11-9-26)15-6-4-14(5-7-15)23-19-24-17-16(20-12-21-17)18(25-19)22-13-2-3-13/h4-7,12-13H,2-3,8-11H2,1H3,(H3,20,21,22,23,24,25). The van der Waals surface area contributed by atoms with Crippen LogP contribution in [0.5, 0.6) is 0 Å². The molecule has 5 rings (SSSR count). The number of aromatic nitrogens is 4. The Morgan fingerprint density at radius 1 is 1.04 bits per heavy atom. The van der Waals surface area contributed by atoms with E-state index < -0.39 is 0 Å². The molecule has 0 spiro atoms. The number of imidazole rings is 1. The molecule has 0 radical (unpaired) electrons. The van der Waals surface area contributed by atoms with Gasteiger partial charge in [-0.3, -0.25) is 0 Å². The van der Waals surface area contributed by atoms with Crippen molar-refractivity contribution >= 4 is 34.3 Å². The van der Waals surface area contributed by atoms with Crippen LogP contribution in [0.15, 0.2) is 30.6 Å². The van der Waals surface area contributed by atoms with E-state index in [2.05, 4.69) is 71.7 Å². The Bertz CT molecular complexity index is 923. The molecule has 8 heteroatoms. The molecule has 3 heterocycles. The first kappa shape index (κ1) is 16.3. The van der Waals surface area contributed by atoms with Gasteiger partial charge in [-0.2, -0.15) is 9.97 Å². The summed E-state index contributed by atoms with van der Waals surface area (Å²) in [5, 5.41) is 6.77. The fourth-order valence-corrected chi connectivity index (χ4v) is 3.36. The zero-order chi connectivity index (χ0) is 18.2. The maximum atomic E-state index is 4.65. The molecule has 8 nitrogen and oxygen atoms in total. The number of rotatable bonds is 5. The van der Waals surface area contributed by atoms with Gasteiger partial charge in [0, 0.05) is 43.6 Å². The number of piperazine rings is 1. The number of hydrogen-bond donors (Lipinski definition) is 3. The summed E-state index contributed by atoms with van der Waals surface area (Å²) >= 11 is 0. The van der Waals surface area contributed by atoms with Crippen molar-refractivity contribution in [2.24, 2.45) is 0 Å². The zero-order valence-electron chi connectivity index (χ0n) is 15.4. The molecule has 2 aromatic heterocycles. The molecule has 0 unspecified atom stereocenters. The maximum Gasteiger partial charge on any atom is 0.231 e. The molecule has 3 N–H and O–H groups in total. The van der Waals surface area contributed by atoms with Crippen molar-refractivity contribution in [2.75, 3.05) is 48.8 Å². The summed E-state index contributed by atoms with van der Waals surface area (Å²) in [6.45, 7) is 4.35. The fraction of sp³-hybridized carbons (Fsp3) is 0.421. The summed E-state index contributed by atoms with van der Waals surface area (Å²) in [4.78, 5) is 21.4. The number of benzene rings is 1. The van der Waals surface area contributed by atoms with E-state index in [1.165, 1.54) is 18.5 Å². The lowest BCUT2D eigenvalue weighted by Crippen LogP contribution is -2.44. The number of H-pyrrole nitrogens is 1. The van der Waals surface area contributed by atoms with Crippen LogP contribution in [0, 0.1) is 0 Å². The average molecular weight is 364 g/mol. The number of anilines is 4. The fourth-order valence-electron chi connectivity index (χ4n) is 3.36. The second-order valence-electron chi connectivity index (χ2n) is 7.38. The molecule has 140 valence electrons. The van der Waals surface area contributed by atoms with Crippen molar-refractivity contribution in [3.63, 3.8) is 0 Å². The van der Waals surface area contributed by atoms with Gasteiger partial charge in [0.2, 0.25) is 5.95 Å². The van der Waals surface area contributed by atoms with Gasteiger partial charge >= 0.3 is 0 Å². The van der Waals surface area contributed by atoms with Crippen LogP contribution in [0.1, 0.15) is 12.8 Å². The van der Waals surface area contributed by atoms with E-state index >= 15 is 0 Å². The monoisotopic (exact) mass is 364 g/mol. The van der Waals surface area contributed by atoms with Crippen molar-refractivity contribution in [2.45, 2.75) is 18.9 Å². The maximum absolute atomic E-state index is 4.65. The molecule has 1 aliphatic carbocycles. The first-order valence-electron chi connectivity index (χ1n) is 9.53. The highest BCUT2D eigenvalue weighted by Gasteiger charge is 2.23. The molecule has 1 saturated carbocycles. The molecule has 0 bridgehead atoms.